The second kappa shape index (κ2) is 9.20. The number of hydrogen-bond acceptors (Lipinski definition) is 5. The summed E-state index contributed by atoms with van der Waals surface area (Å²) in [6.45, 7) is 1.57. The highest BCUT2D eigenvalue weighted by Gasteiger charge is 2.17. The predicted molar refractivity (Wildman–Crippen MR) is 108 cm³/mol. The van der Waals surface area contributed by atoms with E-state index < -0.39 is 17.9 Å². The summed E-state index contributed by atoms with van der Waals surface area (Å²) in [5, 5.41) is 0. The molecule has 2 N–H and O–H groups in total. The smallest absolute Gasteiger partial charge is 0.279 e. The number of ether oxygens (including phenoxy) is 2. The molecule has 2 aromatic carbocycles. The minimum absolute atomic E-state index is 0.322. The molecule has 0 bridgehead atoms. The maximum absolute atomic E-state index is 13.0. The fourth-order valence-electron chi connectivity index (χ4n) is 2.42. The van der Waals surface area contributed by atoms with Crippen molar-refractivity contribution in [1.82, 2.24) is 10.9 Å². The number of hydrazine groups is 1. The molecule has 1 unspecified atom stereocenters. The van der Waals surface area contributed by atoms with Crippen LogP contribution in [0.2, 0.25) is 0 Å². The van der Waals surface area contributed by atoms with Gasteiger partial charge in [-0.05, 0) is 61.0 Å². The standard InChI is InChI=1S/C21H19FN2O4S/c1-13(28-17-9-7-16(27-2)8-10-17)20(25)23-24-21(26)19-12-11-18(29-19)14-3-5-15(22)6-4-14/h3-13H,1-2H3,(H,23,25)(H,24,26). The molecule has 0 aliphatic carbocycles. The van der Waals surface area contributed by atoms with E-state index in [0.717, 1.165) is 10.4 Å². The number of halogens is 1. The van der Waals surface area contributed by atoms with Gasteiger partial charge in [0.1, 0.15) is 17.3 Å². The van der Waals surface area contributed by atoms with Gasteiger partial charge < -0.3 is 9.47 Å². The summed E-state index contributed by atoms with van der Waals surface area (Å²) in [6.07, 6.45) is -0.818. The first-order chi connectivity index (χ1) is 14.0. The van der Waals surface area contributed by atoms with E-state index >= 15 is 0 Å². The Hall–Kier alpha value is -3.39. The van der Waals surface area contributed by atoms with Gasteiger partial charge in [0.2, 0.25) is 0 Å². The SMILES string of the molecule is COc1ccc(OC(C)C(=O)NNC(=O)c2ccc(-c3ccc(F)cc3)s2)cc1. The Balaban J connectivity index is 1.53. The average molecular weight is 414 g/mol. The van der Waals surface area contributed by atoms with Crippen molar-refractivity contribution in [2.75, 3.05) is 7.11 Å². The van der Waals surface area contributed by atoms with Crippen LogP contribution in [0.15, 0.2) is 60.7 Å². The molecule has 0 aliphatic rings. The van der Waals surface area contributed by atoms with Crippen LogP contribution in [0.4, 0.5) is 4.39 Å². The molecule has 1 heterocycles. The van der Waals surface area contributed by atoms with E-state index in [2.05, 4.69) is 10.9 Å². The highest BCUT2D eigenvalue weighted by atomic mass is 32.1. The fourth-order valence-corrected chi connectivity index (χ4v) is 3.33. The summed E-state index contributed by atoms with van der Waals surface area (Å²) < 4.78 is 23.6. The van der Waals surface area contributed by atoms with Crippen LogP contribution in [0, 0.1) is 5.82 Å². The highest BCUT2D eigenvalue weighted by molar-refractivity contribution is 7.17. The number of benzene rings is 2. The number of amides is 2. The van der Waals surface area contributed by atoms with Crippen LogP contribution in [0.1, 0.15) is 16.6 Å². The minimum Gasteiger partial charge on any atom is -0.497 e. The van der Waals surface area contributed by atoms with Crippen molar-refractivity contribution in [2.24, 2.45) is 0 Å². The Morgan fingerprint density at radius 1 is 0.931 bits per heavy atom. The molecule has 2 amide bonds. The topological polar surface area (TPSA) is 76.7 Å². The third kappa shape index (κ3) is 5.32. The summed E-state index contributed by atoms with van der Waals surface area (Å²) in [5.74, 6) is -0.0885. The van der Waals surface area contributed by atoms with Crippen molar-refractivity contribution < 1.29 is 23.5 Å². The Labute approximate surface area is 171 Å². The quantitative estimate of drug-likeness (QED) is 0.602. The van der Waals surface area contributed by atoms with E-state index in [9.17, 15) is 14.0 Å². The first-order valence-corrected chi connectivity index (χ1v) is 9.54. The average Bonchev–Trinajstić information content (AvgIpc) is 3.23. The Bertz CT molecular complexity index is 987. The van der Waals surface area contributed by atoms with E-state index in [-0.39, 0.29) is 5.82 Å². The molecule has 8 heteroatoms. The third-order valence-corrected chi connectivity index (χ3v) is 5.13. The molecule has 0 fully saturated rings. The summed E-state index contributed by atoms with van der Waals surface area (Å²) in [7, 11) is 1.56. The van der Waals surface area contributed by atoms with E-state index in [4.69, 9.17) is 9.47 Å². The number of methoxy groups -OCH3 is 1. The third-order valence-electron chi connectivity index (χ3n) is 4.00. The Morgan fingerprint density at radius 2 is 1.59 bits per heavy atom. The molecule has 1 aromatic heterocycles. The van der Waals surface area contributed by atoms with Gasteiger partial charge in [0, 0.05) is 4.88 Å². The first kappa shape index (κ1) is 20.3. The van der Waals surface area contributed by atoms with Crippen LogP contribution in [-0.4, -0.2) is 25.0 Å². The number of rotatable bonds is 6. The molecule has 3 rings (SSSR count). The molecule has 0 aliphatic heterocycles. The van der Waals surface area contributed by atoms with Crippen molar-refractivity contribution in [3.05, 3.63) is 71.4 Å². The maximum atomic E-state index is 13.0. The van der Waals surface area contributed by atoms with Crippen LogP contribution in [0.3, 0.4) is 0 Å². The molecule has 3 aromatic rings. The van der Waals surface area contributed by atoms with Gasteiger partial charge in [0.15, 0.2) is 6.10 Å². The molecule has 0 radical (unpaired) electrons. The minimum atomic E-state index is -0.818. The Morgan fingerprint density at radius 3 is 2.24 bits per heavy atom. The number of nitrogens with one attached hydrogen (secondary N) is 2. The first-order valence-electron chi connectivity index (χ1n) is 8.73. The van der Waals surface area contributed by atoms with E-state index in [0.29, 0.717) is 16.4 Å². The van der Waals surface area contributed by atoms with Gasteiger partial charge in [-0.2, -0.15) is 0 Å². The highest BCUT2D eigenvalue weighted by Crippen LogP contribution is 2.28. The van der Waals surface area contributed by atoms with E-state index in [1.165, 1.54) is 23.5 Å². The van der Waals surface area contributed by atoms with Crippen molar-refractivity contribution in [3.8, 4) is 21.9 Å². The zero-order chi connectivity index (χ0) is 20.8. The van der Waals surface area contributed by atoms with Crippen LogP contribution in [0.25, 0.3) is 10.4 Å². The van der Waals surface area contributed by atoms with Gasteiger partial charge in [-0.25, -0.2) is 4.39 Å². The lowest BCUT2D eigenvalue weighted by Gasteiger charge is -2.15. The molecule has 1 atom stereocenters. The molecule has 29 heavy (non-hydrogen) atoms. The molecule has 0 saturated heterocycles. The zero-order valence-corrected chi connectivity index (χ0v) is 16.6. The van der Waals surface area contributed by atoms with Crippen LogP contribution in [-0.2, 0) is 4.79 Å². The molecular formula is C21H19FN2O4S. The normalized spacial score (nSPS) is 11.4. The largest absolute Gasteiger partial charge is 0.497 e. The molecule has 0 saturated carbocycles. The molecule has 150 valence electrons. The molecular weight excluding hydrogens is 395 g/mol. The van der Waals surface area contributed by atoms with E-state index in [1.807, 2.05) is 0 Å². The lowest BCUT2D eigenvalue weighted by molar-refractivity contribution is -0.128. The van der Waals surface area contributed by atoms with Crippen molar-refractivity contribution in [2.45, 2.75) is 13.0 Å². The predicted octanol–water partition coefficient (Wildman–Crippen LogP) is 3.79. The number of thiophene rings is 1. The maximum Gasteiger partial charge on any atom is 0.279 e. The molecule has 0 spiro atoms. The van der Waals surface area contributed by atoms with E-state index in [1.54, 1.807) is 62.6 Å². The Kier molecular flexibility index (Phi) is 6.46. The molecule has 6 nitrogen and oxygen atoms in total. The summed E-state index contributed by atoms with van der Waals surface area (Å²) in [5.41, 5.74) is 5.52. The van der Waals surface area contributed by atoms with Gasteiger partial charge in [-0.1, -0.05) is 12.1 Å². The summed E-state index contributed by atoms with van der Waals surface area (Å²) in [4.78, 5) is 25.7. The number of carbonyl (C=O) groups excluding carboxylic acids is 2. The summed E-state index contributed by atoms with van der Waals surface area (Å²) in [6, 6.07) is 16.2. The second-order valence-corrected chi connectivity index (χ2v) is 7.13. The fraction of sp³-hybridized carbons (Fsp3) is 0.143. The van der Waals surface area contributed by atoms with Gasteiger partial charge in [-0.15, -0.1) is 11.3 Å². The van der Waals surface area contributed by atoms with Crippen LogP contribution < -0.4 is 20.3 Å². The number of hydrogen-bond donors (Lipinski definition) is 2. The van der Waals surface area contributed by atoms with Crippen molar-refractivity contribution >= 4 is 23.2 Å². The van der Waals surface area contributed by atoms with Gasteiger partial charge in [0.05, 0.1) is 12.0 Å². The van der Waals surface area contributed by atoms with Crippen LogP contribution >= 0.6 is 11.3 Å². The van der Waals surface area contributed by atoms with Crippen LogP contribution in [0.5, 0.6) is 11.5 Å². The van der Waals surface area contributed by atoms with Gasteiger partial charge in [-0.3, -0.25) is 20.4 Å². The summed E-state index contributed by atoms with van der Waals surface area (Å²) >= 11 is 1.24. The lowest BCUT2D eigenvalue weighted by Crippen LogP contribution is -2.47. The number of carbonyl (C=O) groups is 2. The lowest BCUT2D eigenvalue weighted by atomic mass is 10.2. The zero-order valence-electron chi connectivity index (χ0n) is 15.8. The van der Waals surface area contributed by atoms with Crippen molar-refractivity contribution in [3.63, 3.8) is 0 Å². The van der Waals surface area contributed by atoms with Gasteiger partial charge in [0.25, 0.3) is 11.8 Å². The monoisotopic (exact) mass is 414 g/mol. The van der Waals surface area contributed by atoms with Crippen molar-refractivity contribution in [1.29, 1.82) is 0 Å². The second-order valence-electron chi connectivity index (χ2n) is 6.05. The van der Waals surface area contributed by atoms with Gasteiger partial charge >= 0.3 is 0 Å².